The summed E-state index contributed by atoms with van der Waals surface area (Å²) in [6.45, 7) is 1.28. The predicted octanol–water partition coefficient (Wildman–Crippen LogP) is 1.20. The van der Waals surface area contributed by atoms with Gasteiger partial charge in [-0.3, -0.25) is 0 Å². The number of aromatic nitrogens is 1. The molecule has 0 aromatic carbocycles. The molecule has 1 aromatic heterocycles. The molecule has 1 heterocycles. The third-order valence-electron chi connectivity index (χ3n) is 2.00. The molecule has 0 spiro atoms. The molecule has 0 saturated heterocycles. The number of alkyl halides is 3. The van der Waals surface area contributed by atoms with Gasteiger partial charge in [-0.25, -0.2) is 4.79 Å². The van der Waals surface area contributed by atoms with Gasteiger partial charge in [-0.15, -0.1) is 13.2 Å². The minimum atomic E-state index is -5.01. The van der Waals surface area contributed by atoms with Crippen LogP contribution in [0, 0.1) is 0 Å². The van der Waals surface area contributed by atoms with Crippen LogP contribution in [0.1, 0.15) is 22.8 Å². The van der Waals surface area contributed by atoms with Crippen molar-refractivity contribution in [1.29, 1.82) is 0 Å². The molecule has 9 heteroatoms. The Morgan fingerprint density at radius 2 is 2.11 bits per heavy atom. The number of hydrogen-bond acceptors (Lipinski definition) is 6. The maximum Gasteiger partial charge on any atom is 0.574 e. The van der Waals surface area contributed by atoms with Crippen molar-refractivity contribution in [3.63, 3.8) is 0 Å². The van der Waals surface area contributed by atoms with Gasteiger partial charge in [-0.05, 0) is 18.6 Å². The van der Waals surface area contributed by atoms with E-state index in [1.54, 1.807) is 0 Å². The summed E-state index contributed by atoms with van der Waals surface area (Å²) in [6, 6.07) is 1.19. The molecule has 19 heavy (non-hydrogen) atoms. The highest BCUT2D eigenvalue weighted by Crippen LogP contribution is 2.28. The van der Waals surface area contributed by atoms with Gasteiger partial charge in [0.15, 0.2) is 0 Å². The molecule has 1 rings (SSSR count). The van der Waals surface area contributed by atoms with E-state index < -0.39 is 23.8 Å². The summed E-state index contributed by atoms with van der Waals surface area (Å²) in [5.74, 6) is -2.21. The zero-order valence-electron chi connectivity index (χ0n) is 9.95. The Morgan fingerprint density at radius 1 is 1.47 bits per heavy atom. The fraction of sp³-hybridized carbons (Fsp3) is 0.400. The second kappa shape index (κ2) is 5.74. The Morgan fingerprint density at radius 3 is 2.58 bits per heavy atom. The van der Waals surface area contributed by atoms with Gasteiger partial charge in [0.25, 0.3) is 0 Å². The van der Waals surface area contributed by atoms with Gasteiger partial charge in [0, 0.05) is 6.54 Å². The number of nitrogens with zero attached hydrogens (tertiary/aromatic N) is 1. The molecule has 106 valence electrons. The minimum Gasteiger partial charge on any atom is -0.462 e. The molecule has 0 amide bonds. The van der Waals surface area contributed by atoms with E-state index in [2.05, 4.69) is 14.5 Å². The van der Waals surface area contributed by atoms with E-state index in [0.717, 1.165) is 0 Å². The number of nitrogens with two attached hydrogens (primary N) is 2. The van der Waals surface area contributed by atoms with Crippen LogP contribution in [-0.4, -0.2) is 23.9 Å². The molecule has 4 N–H and O–H groups in total. The van der Waals surface area contributed by atoms with Crippen LogP contribution in [0.2, 0.25) is 0 Å². The molecule has 0 fully saturated rings. The third kappa shape index (κ3) is 3.98. The highest BCUT2D eigenvalue weighted by molar-refractivity contribution is 5.94. The number of halogens is 3. The Labute approximate surface area is 106 Å². The Bertz CT molecular complexity index is 477. The summed E-state index contributed by atoms with van der Waals surface area (Å²) in [5, 5.41) is 0. The highest BCUT2D eigenvalue weighted by Gasteiger charge is 2.35. The summed E-state index contributed by atoms with van der Waals surface area (Å²) < 4.78 is 45.1. The fourth-order valence-electron chi connectivity index (χ4n) is 1.36. The first-order valence-electron chi connectivity index (χ1n) is 5.20. The monoisotopic (exact) mass is 279 g/mol. The Kier molecular flexibility index (Phi) is 4.54. The van der Waals surface area contributed by atoms with Crippen LogP contribution >= 0.6 is 0 Å². The molecular weight excluding hydrogens is 267 g/mol. The number of rotatable bonds is 4. The van der Waals surface area contributed by atoms with Crippen molar-refractivity contribution in [3.8, 4) is 5.88 Å². The van der Waals surface area contributed by atoms with Crippen LogP contribution in [-0.2, 0) is 11.3 Å². The van der Waals surface area contributed by atoms with Gasteiger partial charge in [0.05, 0.1) is 6.61 Å². The van der Waals surface area contributed by atoms with E-state index in [1.807, 2.05) is 0 Å². The second-order valence-electron chi connectivity index (χ2n) is 3.36. The van der Waals surface area contributed by atoms with E-state index in [4.69, 9.17) is 11.5 Å². The molecule has 6 nitrogen and oxygen atoms in total. The molecule has 0 aliphatic carbocycles. The zero-order valence-corrected chi connectivity index (χ0v) is 9.95. The summed E-state index contributed by atoms with van der Waals surface area (Å²) in [5.41, 5.74) is 10.3. The molecule has 0 aliphatic rings. The fourth-order valence-corrected chi connectivity index (χ4v) is 1.36. The van der Waals surface area contributed by atoms with Gasteiger partial charge < -0.3 is 20.9 Å². The number of carbonyl (C=O) groups is 1. The van der Waals surface area contributed by atoms with Crippen LogP contribution in [0.4, 0.5) is 19.0 Å². The van der Waals surface area contributed by atoms with Crippen molar-refractivity contribution >= 4 is 11.8 Å². The molecule has 1 aromatic rings. The number of ether oxygens (including phenoxy) is 2. The number of nitrogen functional groups attached to an aromatic ring is 1. The van der Waals surface area contributed by atoms with Crippen LogP contribution in [0.3, 0.4) is 0 Å². The lowest BCUT2D eigenvalue weighted by Crippen LogP contribution is -2.22. The Balaban J connectivity index is 3.33. The zero-order chi connectivity index (χ0) is 14.6. The molecule has 0 radical (unpaired) electrons. The number of anilines is 1. The first kappa shape index (κ1) is 15.0. The van der Waals surface area contributed by atoms with Crippen molar-refractivity contribution < 1.29 is 27.4 Å². The average Bonchev–Trinajstić information content (AvgIpc) is 2.25. The molecule has 0 bridgehead atoms. The number of esters is 1. The van der Waals surface area contributed by atoms with Gasteiger partial charge in [0.1, 0.15) is 11.4 Å². The first-order chi connectivity index (χ1) is 8.78. The number of pyridine rings is 1. The second-order valence-corrected chi connectivity index (χ2v) is 3.36. The van der Waals surface area contributed by atoms with Crippen LogP contribution in [0.25, 0.3) is 0 Å². The quantitative estimate of drug-likeness (QED) is 0.803. The average molecular weight is 279 g/mol. The highest BCUT2D eigenvalue weighted by atomic mass is 19.4. The van der Waals surface area contributed by atoms with Crippen LogP contribution in [0.5, 0.6) is 5.88 Å². The molecule has 0 unspecified atom stereocenters. The van der Waals surface area contributed by atoms with E-state index in [1.165, 1.54) is 13.0 Å². The molecule has 0 saturated carbocycles. The normalized spacial score (nSPS) is 11.2. The summed E-state index contributed by atoms with van der Waals surface area (Å²) in [7, 11) is 0. The first-order valence-corrected chi connectivity index (χ1v) is 5.20. The summed E-state index contributed by atoms with van der Waals surface area (Å²) in [4.78, 5) is 15.0. The summed E-state index contributed by atoms with van der Waals surface area (Å²) in [6.07, 6.45) is -5.01. The number of hydrogen-bond donors (Lipinski definition) is 2. The van der Waals surface area contributed by atoms with Gasteiger partial charge >= 0.3 is 12.3 Å². The van der Waals surface area contributed by atoms with Crippen LogP contribution < -0.4 is 16.2 Å². The predicted molar refractivity (Wildman–Crippen MR) is 59.2 cm³/mol. The molecule has 0 atom stereocenters. The van der Waals surface area contributed by atoms with E-state index in [-0.39, 0.29) is 24.5 Å². The van der Waals surface area contributed by atoms with Crippen molar-refractivity contribution in [2.45, 2.75) is 19.8 Å². The maximum atomic E-state index is 12.3. The summed E-state index contributed by atoms with van der Waals surface area (Å²) >= 11 is 0. The number of carbonyl (C=O) groups excluding carboxylic acids is 1. The van der Waals surface area contributed by atoms with Gasteiger partial charge in [-0.2, -0.15) is 4.98 Å². The van der Waals surface area contributed by atoms with Gasteiger partial charge in [0.2, 0.25) is 5.88 Å². The lowest BCUT2D eigenvalue weighted by Gasteiger charge is -2.14. The lowest BCUT2D eigenvalue weighted by atomic mass is 10.1. The van der Waals surface area contributed by atoms with Crippen LogP contribution in [0.15, 0.2) is 6.07 Å². The SMILES string of the molecule is CCOC(=O)c1c(CN)cc(N)nc1OC(F)(F)F. The van der Waals surface area contributed by atoms with Gasteiger partial charge in [-0.1, -0.05) is 0 Å². The standard InChI is InChI=1S/C10H12F3N3O3/c1-2-18-9(17)7-5(4-14)3-6(15)16-8(7)19-10(11,12)13/h3H,2,4,14H2,1H3,(H2,15,16). The molecule has 0 aliphatic heterocycles. The smallest absolute Gasteiger partial charge is 0.462 e. The van der Waals surface area contributed by atoms with E-state index in [0.29, 0.717) is 0 Å². The van der Waals surface area contributed by atoms with Crippen molar-refractivity contribution in [2.75, 3.05) is 12.3 Å². The molecular formula is C10H12F3N3O3. The van der Waals surface area contributed by atoms with Crippen molar-refractivity contribution in [2.24, 2.45) is 5.73 Å². The topological polar surface area (TPSA) is 100 Å². The minimum absolute atomic E-state index is 0.0152. The van der Waals surface area contributed by atoms with Crippen molar-refractivity contribution in [3.05, 3.63) is 17.2 Å². The Hall–Kier alpha value is -2.03. The maximum absolute atomic E-state index is 12.3. The largest absolute Gasteiger partial charge is 0.574 e. The van der Waals surface area contributed by atoms with E-state index >= 15 is 0 Å². The van der Waals surface area contributed by atoms with E-state index in [9.17, 15) is 18.0 Å². The van der Waals surface area contributed by atoms with Crippen molar-refractivity contribution in [1.82, 2.24) is 4.98 Å². The third-order valence-corrected chi connectivity index (χ3v) is 2.00. The lowest BCUT2D eigenvalue weighted by molar-refractivity contribution is -0.276.